The third-order valence-electron chi connectivity index (χ3n) is 11.9. The van der Waals surface area contributed by atoms with Gasteiger partial charge in [-0.25, -0.2) is 17.4 Å². The van der Waals surface area contributed by atoms with Gasteiger partial charge >= 0.3 is 20.0 Å². The molecule has 0 saturated heterocycles. The first-order valence-corrected chi connectivity index (χ1v) is 26.9. The van der Waals surface area contributed by atoms with Crippen molar-refractivity contribution in [2.75, 3.05) is 19.4 Å². The molecule has 0 aliphatic rings. The maximum absolute atomic E-state index is 15.9. The lowest BCUT2D eigenvalue weighted by Gasteiger charge is -2.34. The number of esters is 1. The smallest absolute Gasteiger partial charge is 0.493 e. The normalized spacial score (nSPS) is 12.5. The highest BCUT2D eigenvalue weighted by molar-refractivity contribution is 7.90. The summed E-state index contributed by atoms with van der Waals surface area (Å²) in [4.78, 5) is 14.6. The molecular formula is C56H53ClF4NO9PS. The summed E-state index contributed by atoms with van der Waals surface area (Å²) in [5.41, 5.74) is 2.90. The van der Waals surface area contributed by atoms with Crippen molar-refractivity contribution >= 4 is 35.2 Å². The molecule has 73 heavy (non-hydrogen) atoms. The number of hydrogen-bond donors (Lipinski definition) is 0. The number of carbonyl (C=O) groups is 1. The Morgan fingerprint density at radius 2 is 1.25 bits per heavy atom. The molecule has 0 unspecified atom stereocenters. The van der Waals surface area contributed by atoms with E-state index < -0.39 is 57.7 Å². The van der Waals surface area contributed by atoms with Crippen LogP contribution in [-0.4, -0.2) is 44.7 Å². The van der Waals surface area contributed by atoms with Crippen LogP contribution in [0.1, 0.15) is 63.8 Å². The van der Waals surface area contributed by atoms with Crippen LogP contribution in [0.5, 0.6) is 11.5 Å². The first-order chi connectivity index (χ1) is 34.9. The Morgan fingerprint density at radius 1 is 0.699 bits per heavy atom. The molecule has 0 fully saturated rings. The monoisotopic (exact) mass is 1060 g/mol. The summed E-state index contributed by atoms with van der Waals surface area (Å²) in [5.74, 6) is -1.92. The number of benzene rings is 7. The minimum Gasteiger partial charge on any atom is -0.493 e. The summed E-state index contributed by atoms with van der Waals surface area (Å²) >= 11 is 6.42. The van der Waals surface area contributed by atoms with Gasteiger partial charge in [-0.1, -0.05) is 157 Å². The van der Waals surface area contributed by atoms with E-state index in [2.05, 4.69) is 0 Å². The molecule has 0 amide bonds. The minimum atomic E-state index is -4.66. The molecule has 0 aromatic heterocycles. The lowest BCUT2D eigenvalue weighted by atomic mass is 9.90. The number of ether oxygens (including phenoxy) is 2. The molecule has 17 heteroatoms. The van der Waals surface area contributed by atoms with E-state index in [9.17, 15) is 30.9 Å². The fourth-order valence-corrected chi connectivity index (χ4v) is 10.3. The van der Waals surface area contributed by atoms with Gasteiger partial charge in [-0.05, 0) is 71.0 Å². The highest BCUT2D eigenvalue weighted by atomic mass is 35.5. The molecule has 0 heterocycles. The highest BCUT2D eigenvalue weighted by Gasteiger charge is 2.35. The Morgan fingerprint density at radius 3 is 1.78 bits per heavy atom. The molecule has 7 aromatic rings. The van der Waals surface area contributed by atoms with Crippen LogP contribution in [-0.2, 0) is 71.9 Å². The Bertz CT molecular complexity index is 2980. The third-order valence-corrected chi connectivity index (χ3v) is 14.8. The van der Waals surface area contributed by atoms with E-state index in [1.165, 1.54) is 30.3 Å². The van der Waals surface area contributed by atoms with E-state index >= 15 is 4.39 Å². The van der Waals surface area contributed by atoms with Crippen LogP contribution < -0.4 is 9.26 Å². The maximum Gasteiger partial charge on any atom is 0.530 e. The van der Waals surface area contributed by atoms with E-state index in [4.69, 9.17) is 34.6 Å². The summed E-state index contributed by atoms with van der Waals surface area (Å²) in [5, 5.41) is -0.394. The van der Waals surface area contributed by atoms with Crippen molar-refractivity contribution in [1.82, 2.24) is 4.90 Å². The number of rotatable bonds is 24. The van der Waals surface area contributed by atoms with Gasteiger partial charge < -0.3 is 14.0 Å². The van der Waals surface area contributed by atoms with Crippen LogP contribution >= 0.6 is 19.4 Å². The van der Waals surface area contributed by atoms with E-state index in [0.29, 0.717) is 18.5 Å². The Kier molecular flexibility index (Phi) is 18.7. The first-order valence-electron chi connectivity index (χ1n) is 23.2. The molecule has 10 nitrogen and oxygen atoms in total. The van der Waals surface area contributed by atoms with Gasteiger partial charge in [0.15, 0.2) is 9.84 Å². The molecule has 0 N–H and O–H groups in total. The second-order valence-electron chi connectivity index (χ2n) is 17.3. The van der Waals surface area contributed by atoms with Gasteiger partial charge in [0.1, 0.15) is 23.9 Å². The zero-order valence-corrected chi connectivity index (χ0v) is 42.4. The highest BCUT2D eigenvalue weighted by Crippen LogP contribution is 2.51. The van der Waals surface area contributed by atoms with Crippen molar-refractivity contribution in [3.05, 3.63) is 231 Å². The lowest BCUT2D eigenvalue weighted by Crippen LogP contribution is -2.37. The number of alkyl halides is 3. The van der Waals surface area contributed by atoms with Crippen LogP contribution in [0.15, 0.2) is 181 Å². The standard InChI is InChI=1S/C56H53ClF4NO9PS/c1-40(62(35-46-24-15-25-51(55(46)57)56(59,60)61)36-49(44-20-11-5-12-21-44)45-22-13-6-14-23-45)30-31-67-48-33-52(58)50(53(34-48)73(2,65)66)39-68-54(63)32-41-26-28-47(29-27-41)71-72(64,69-37-42-16-7-3-8-17-42)70-38-43-18-9-4-10-19-43/h3-29,33-34,40,49H,30-32,35-39H2,1-2H3/t40-/m1/s1. The van der Waals surface area contributed by atoms with E-state index in [-0.39, 0.29) is 67.4 Å². The van der Waals surface area contributed by atoms with E-state index in [0.717, 1.165) is 46.7 Å². The zero-order valence-electron chi connectivity index (χ0n) is 39.9. The second kappa shape index (κ2) is 25.1. The Balaban J connectivity index is 0.998. The van der Waals surface area contributed by atoms with Crippen molar-refractivity contribution < 1.29 is 58.4 Å². The van der Waals surface area contributed by atoms with Crippen molar-refractivity contribution in [2.24, 2.45) is 0 Å². The van der Waals surface area contributed by atoms with Crippen LogP contribution in [0.4, 0.5) is 17.6 Å². The summed E-state index contributed by atoms with van der Waals surface area (Å²) in [6, 6.07) is 49.3. The van der Waals surface area contributed by atoms with Crippen molar-refractivity contribution in [2.45, 2.75) is 69.2 Å². The molecule has 0 bridgehead atoms. The van der Waals surface area contributed by atoms with Crippen LogP contribution in [0.25, 0.3) is 0 Å². The number of halogens is 5. The molecule has 7 aromatic carbocycles. The fraction of sp³-hybridized carbons (Fsp3) is 0.232. The number of phosphoric acid groups is 1. The van der Waals surface area contributed by atoms with E-state index in [1.807, 2.05) is 109 Å². The molecule has 0 saturated carbocycles. The number of phosphoric ester groups is 1. The summed E-state index contributed by atoms with van der Waals surface area (Å²) in [6.45, 7) is 1.49. The molecule has 1 atom stereocenters. The molecular weight excluding hydrogens is 1010 g/mol. The zero-order chi connectivity index (χ0) is 52.0. The lowest BCUT2D eigenvalue weighted by molar-refractivity contribution is -0.144. The number of carbonyl (C=O) groups excluding carboxylic acids is 1. The largest absolute Gasteiger partial charge is 0.530 e. The average molecular weight is 1060 g/mol. The average Bonchev–Trinajstić information content (AvgIpc) is 3.37. The topological polar surface area (TPSA) is 118 Å². The Labute approximate surface area is 428 Å². The summed E-state index contributed by atoms with van der Waals surface area (Å²) in [7, 11) is -8.25. The molecule has 7 rings (SSSR count). The quantitative estimate of drug-likeness (QED) is 0.0329. The van der Waals surface area contributed by atoms with Crippen LogP contribution in [0.3, 0.4) is 0 Å². The Hall–Kier alpha value is -6.32. The number of hydrogen-bond acceptors (Lipinski definition) is 10. The predicted octanol–water partition coefficient (Wildman–Crippen LogP) is 13.6. The van der Waals surface area contributed by atoms with Gasteiger partial charge in [-0.3, -0.25) is 18.7 Å². The van der Waals surface area contributed by atoms with Gasteiger partial charge in [0.05, 0.1) is 41.7 Å². The molecule has 382 valence electrons. The first kappa shape index (κ1) is 54.5. The second-order valence-corrected chi connectivity index (χ2v) is 21.2. The van der Waals surface area contributed by atoms with Crippen LogP contribution in [0.2, 0.25) is 5.02 Å². The molecule has 0 spiro atoms. The van der Waals surface area contributed by atoms with Gasteiger partial charge in [-0.2, -0.15) is 13.2 Å². The van der Waals surface area contributed by atoms with Gasteiger partial charge in [0.25, 0.3) is 0 Å². The van der Waals surface area contributed by atoms with E-state index in [1.54, 1.807) is 30.3 Å². The predicted molar refractivity (Wildman–Crippen MR) is 271 cm³/mol. The molecule has 0 aliphatic carbocycles. The fourth-order valence-electron chi connectivity index (χ4n) is 7.93. The minimum absolute atomic E-state index is 0.0326. The van der Waals surface area contributed by atoms with Gasteiger partial charge in [-0.15, -0.1) is 0 Å². The van der Waals surface area contributed by atoms with Gasteiger partial charge in [0, 0.05) is 42.9 Å². The number of sulfone groups is 1. The van der Waals surface area contributed by atoms with Crippen molar-refractivity contribution in [3.8, 4) is 11.5 Å². The van der Waals surface area contributed by atoms with Crippen molar-refractivity contribution in [3.63, 3.8) is 0 Å². The maximum atomic E-state index is 15.9. The van der Waals surface area contributed by atoms with Crippen LogP contribution in [0, 0.1) is 5.82 Å². The van der Waals surface area contributed by atoms with Gasteiger partial charge in [0.2, 0.25) is 0 Å². The third kappa shape index (κ3) is 15.8. The summed E-state index contributed by atoms with van der Waals surface area (Å²) in [6.07, 6.45) is -3.76. The van der Waals surface area contributed by atoms with Crippen molar-refractivity contribution in [1.29, 1.82) is 0 Å². The summed E-state index contributed by atoms with van der Waals surface area (Å²) < 4.78 is 126. The SMILES string of the molecule is C[C@H](CCOc1cc(F)c(COC(=O)Cc2ccc(OP(=O)(OCc3ccccc3)OCc3ccccc3)cc2)c(S(C)(=O)=O)c1)N(Cc1cccc(C(F)(F)F)c1Cl)CC(c1ccccc1)c1ccccc1. The molecule has 0 aliphatic heterocycles. The number of nitrogens with zero attached hydrogens (tertiary/aromatic N) is 1. The molecule has 0 radical (unpaired) electrons.